The molecule has 1 aliphatic heterocycles. The van der Waals surface area contributed by atoms with Gasteiger partial charge in [-0.05, 0) is 24.6 Å². The molecular formula is C25H25ClN2O8S. The van der Waals surface area contributed by atoms with E-state index in [1.807, 2.05) is 0 Å². The number of methoxy groups -OCH3 is 2. The van der Waals surface area contributed by atoms with Crippen LogP contribution in [0.5, 0.6) is 17.2 Å². The lowest BCUT2D eigenvalue weighted by atomic mass is 9.72. The molecule has 0 amide bonds. The Morgan fingerprint density at radius 1 is 1.22 bits per heavy atom. The van der Waals surface area contributed by atoms with Crippen molar-refractivity contribution in [2.75, 3.05) is 14.2 Å². The Morgan fingerprint density at radius 3 is 2.41 bits per heavy atom. The van der Waals surface area contributed by atoms with Crippen molar-refractivity contribution in [2.45, 2.75) is 37.3 Å². The maximum Gasteiger partial charge on any atom is 0.238 e. The molecule has 4 rings (SSSR count). The fourth-order valence-electron chi connectivity index (χ4n) is 4.60. The number of fused-ring (bicyclic) bond motifs is 1. The van der Waals surface area contributed by atoms with Crippen molar-refractivity contribution in [2.24, 2.45) is 16.0 Å². The molecule has 0 aromatic heterocycles. The fourth-order valence-corrected chi connectivity index (χ4v) is 5.38. The second kappa shape index (κ2) is 9.47. The van der Waals surface area contributed by atoms with Crippen LogP contribution in [-0.2, 0) is 21.4 Å². The predicted molar refractivity (Wildman–Crippen MR) is 135 cm³/mol. The standard InChI is InChI=1S/C25H25ClN2O8S/c1-12-9-16(29)19(13(2)28-11-14-5-7-15(8-6-14)37(27,32)33)23(30)25(12)24(31)20-17(34-3)10-18(35-4)21(26)22(20)36-25/h5-8,10,12,30H,9,11H2,1-4H3,(H2,27,32,33)/t12-,25+/m1/s1. The van der Waals surface area contributed by atoms with Crippen LogP contribution in [0.15, 0.2) is 51.6 Å². The maximum atomic E-state index is 13.8. The summed E-state index contributed by atoms with van der Waals surface area (Å²) in [7, 11) is -1.05. The van der Waals surface area contributed by atoms with E-state index in [4.69, 9.17) is 31.0 Å². The molecule has 2 atom stereocenters. The zero-order valence-corrected chi connectivity index (χ0v) is 22.1. The Balaban J connectivity index is 1.76. The van der Waals surface area contributed by atoms with Crippen molar-refractivity contribution < 1.29 is 37.3 Å². The third-order valence-electron chi connectivity index (χ3n) is 6.58. The highest BCUT2D eigenvalue weighted by molar-refractivity contribution is 7.89. The van der Waals surface area contributed by atoms with E-state index >= 15 is 0 Å². The minimum atomic E-state index is -3.83. The van der Waals surface area contributed by atoms with Crippen LogP contribution < -0.4 is 19.3 Å². The molecule has 10 nitrogen and oxygen atoms in total. The Kier molecular flexibility index (Phi) is 6.82. The van der Waals surface area contributed by atoms with Gasteiger partial charge in [0.05, 0.1) is 31.2 Å². The number of benzene rings is 2. The molecule has 0 saturated carbocycles. The van der Waals surface area contributed by atoms with Gasteiger partial charge in [0.25, 0.3) is 0 Å². The predicted octanol–water partition coefficient (Wildman–Crippen LogP) is 3.40. The number of carbonyl (C=O) groups is 2. The summed E-state index contributed by atoms with van der Waals surface area (Å²) in [6.45, 7) is 3.25. The van der Waals surface area contributed by atoms with Crippen molar-refractivity contribution in [3.8, 4) is 17.2 Å². The maximum absolute atomic E-state index is 13.8. The first kappa shape index (κ1) is 26.6. The minimum absolute atomic E-state index is 0.000460. The summed E-state index contributed by atoms with van der Waals surface area (Å²) in [4.78, 5) is 31.2. The van der Waals surface area contributed by atoms with Crippen LogP contribution in [0.25, 0.3) is 0 Å². The summed E-state index contributed by atoms with van der Waals surface area (Å²) in [5.41, 5.74) is -1.15. The number of sulfonamides is 1. The van der Waals surface area contributed by atoms with Crippen LogP contribution in [0.4, 0.5) is 0 Å². The number of aliphatic hydroxyl groups is 1. The smallest absolute Gasteiger partial charge is 0.238 e. The second-order valence-corrected chi connectivity index (χ2v) is 10.7. The molecular weight excluding hydrogens is 524 g/mol. The molecule has 1 heterocycles. The van der Waals surface area contributed by atoms with E-state index in [1.54, 1.807) is 19.1 Å². The van der Waals surface area contributed by atoms with Crippen LogP contribution in [-0.4, -0.2) is 50.6 Å². The van der Waals surface area contributed by atoms with Crippen LogP contribution in [0, 0.1) is 5.92 Å². The number of aliphatic imine (C=N–C) groups is 1. The van der Waals surface area contributed by atoms with Crippen LogP contribution in [0.3, 0.4) is 0 Å². The molecule has 2 aromatic carbocycles. The van der Waals surface area contributed by atoms with Gasteiger partial charge in [-0.15, -0.1) is 0 Å². The first-order valence-electron chi connectivity index (χ1n) is 11.1. The molecule has 1 aliphatic carbocycles. The number of ether oxygens (including phenoxy) is 3. The number of aliphatic hydroxyl groups excluding tert-OH is 1. The second-order valence-electron chi connectivity index (χ2n) is 8.81. The largest absolute Gasteiger partial charge is 0.507 e. The van der Waals surface area contributed by atoms with Crippen molar-refractivity contribution in [3.63, 3.8) is 0 Å². The van der Waals surface area contributed by atoms with Gasteiger partial charge in [0, 0.05) is 24.1 Å². The number of Topliss-reactive ketones (excluding diaryl/α,β-unsaturated/α-hetero) is 2. The number of hydrogen-bond donors (Lipinski definition) is 2. The van der Waals surface area contributed by atoms with Gasteiger partial charge in [-0.3, -0.25) is 14.6 Å². The van der Waals surface area contributed by atoms with Crippen molar-refractivity contribution in [3.05, 3.63) is 57.8 Å². The third kappa shape index (κ3) is 4.26. The molecule has 0 saturated heterocycles. The van der Waals surface area contributed by atoms with Gasteiger partial charge in [-0.1, -0.05) is 30.7 Å². The quantitative estimate of drug-likeness (QED) is 0.520. The molecule has 0 bridgehead atoms. The zero-order valence-electron chi connectivity index (χ0n) is 20.5. The van der Waals surface area contributed by atoms with E-state index in [1.165, 1.54) is 39.3 Å². The lowest BCUT2D eigenvalue weighted by Crippen LogP contribution is -2.53. The number of halogens is 1. The topological polar surface area (TPSA) is 155 Å². The summed E-state index contributed by atoms with van der Waals surface area (Å²) >= 11 is 6.44. The third-order valence-corrected chi connectivity index (χ3v) is 7.87. The number of primary sulfonamides is 1. The van der Waals surface area contributed by atoms with Gasteiger partial charge < -0.3 is 19.3 Å². The highest BCUT2D eigenvalue weighted by Crippen LogP contribution is 2.54. The van der Waals surface area contributed by atoms with Gasteiger partial charge in [-0.2, -0.15) is 0 Å². The molecule has 0 radical (unpaired) electrons. The van der Waals surface area contributed by atoms with Crippen molar-refractivity contribution in [1.29, 1.82) is 0 Å². The highest BCUT2D eigenvalue weighted by Gasteiger charge is 2.61. The van der Waals surface area contributed by atoms with Crippen LogP contribution in [0.2, 0.25) is 5.02 Å². The first-order valence-corrected chi connectivity index (χ1v) is 13.1. The first-order chi connectivity index (χ1) is 17.4. The van der Waals surface area contributed by atoms with Gasteiger partial charge in [0.1, 0.15) is 22.1 Å². The number of rotatable bonds is 6. The molecule has 2 aromatic rings. The molecule has 2 aliphatic rings. The van der Waals surface area contributed by atoms with E-state index in [2.05, 4.69) is 4.99 Å². The molecule has 12 heteroatoms. The average Bonchev–Trinajstić information content (AvgIpc) is 3.16. The van der Waals surface area contributed by atoms with E-state index in [9.17, 15) is 23.1 Å². The summed E-state index contributed by atoms with van der Waals surface area (Å²) < 4.78 is 39.7. The van der Waals surface area contributed by atoms with E-state index < -0.39 is 38.9 Å². The van der Waals surface area contributed by atoms with E-state index in [0.29, 0.717) is 5.56 Å². The van der Waals surface area contributed by atoms with E-state index in [0.717, 1.165) is 0 Å². The van der Waals surface area contributed by atoms with Gasteiger partial charge in [-0.25, -0.2) is 13.6 Å². The number of allylic oxidation sites excluding steroid dienone is 1. The Hall–Kier alpha value is -3.41. The zero-order chi connectivity index (χ0) is 27.3. The lowest BCUT2D eigenvalue weighted by Gasteiger charge is -2.37. The molecule has 1 spiro atoms. The summed E-state index contributed by atoms with van der Waals surface area (Å²) in [5, 5.41) is 16.6. The number of hydrogen-bond acceptors (Lipinski definition) is 9. The van der Waals surface area contributed by atoms with Gasteiger partial charge >= 0.3 is 0 Å². The molecule has 3 N–H and O–H groups in total. The summed E-state index contributed by atoms with van der Waals surface area (Å²) in [6.07, 6.45) is -0.0912. The molecule has 196 valence electrons. The van der Waals surface area contributed by atoms with Crippen molar-refractivity contribution >= 4 is 38.9 Å². The van der Waals surface area contributed by atoms with Gasteiger partial charge in [0.2, 0.25) is 21.4 Å². The Morgan fingerprint density at radius 2 is 1.84 bits per heavy atom. The Labute approximate surface area is 218 Å². The van der Waals surface area contributed by atoms with Gasteiger partial charge in [0.15, 0.2) is 17.3 Å². The van der Waals surface area contributed by atoms with Crippen LogP contribution >= 0.6 is 11.6 Å². The Bertz CT molecular complexity index is 1480. The monoisotopic (exact) mass is 548 g/mol. The molecule has 0 fully saturated rings. The number of carbonyl (C=O) groups excluding carboxylic acids is 2. The molecule has 0 unspecified atom stereocenters. The SMILES string of the molecule is COc1cc(OC)c2c(c1Cl)O[C@]1(C2=O)C(O)=C(C(C)=NCc2ccc(S(N)(=O)=O)cc2)C(=O)C[C@H]1C. The van der Waals surface area contributed by atoms with Crippen LogP contribution in [0.1, 0.15) is 36.2 Å². The van der Waals surface area contributed by atoms with E-state index in [-0.39, 0.29) is 57.0 Å². The van der Waals surface area contributed by atoms with Crippen molar-refractivity contribution in [1.82, 2.24) is 0 Å². The fraction of sp³-hybridized carbons (Fsp3) is 0.320. The minimum Gasteiger partial charge on any atom is -0.507 e. The number of nitrogens with two attached hydrogens (primary N) is 1. The normalized spacial score (nSPS) is 21.8. The summed E-state index contributed by atoms with van der Waals surface area (Å²) in [6, 6.07) is 7.23. The summed E-state index contributed by atoms with van der Waals surface area (Å²) in [5.74, 6) is -1.90. The average molecular weight is 549 g/mol. The molecule has 37 heavy (non-hydrogen) atoms. The number of ketones is 2. The number of nitrogens with zero attached hydrogens (tertiary/aromatic N) is 1. The highest BCUT2D eigenvalue weighted by atomic mass is 35.5. The lowest BCUT2D eigenvalue weighted by molar-refractivity contribution is -0.118.